The maximum Gasteiger partial charge on any atom is 0.223 e. The quantitative estimate of drug-likeness (QED) is 0.472. The molecule has 0 aliphatic carbocycles. The van der Waals surface area contributed by atoms with Crippen LogP contribution in [-0.2, 0) is 16.0 Å². The average Bonchev–Trinajstić information content (AvgIpc) is 2.91. The molecular formula is C29H37F2N5O4. The maximum atomic E-state index is 15.6. The molecule has 0 radical (unpaired) electrons. The Kier molecular flexibility index (Phi) is 8.19. The third-order valence-electron chi connectivity index (χ3n) is 7.99. The van der Waals surface area contributed by atoms with E-state index in [-0.39, 0.29) is 58.8 Å². The second-order valence-corrected chi connectivity index (χ2v) is 11.2. The standard InChI is InChI=1S/C29H37F2N5O4/c1-15(2)36-24-9-19(27-22(31)10-32-29(34-27)33-23-6-7-39-14-26(23)37)21(30)8-20(24)28(38)18(5)25(36)11-35-16(3)12-40-13-17(35)4/h8-10,15-17,23,26,37H,6-7,11-14H2,1-5H3,(H,32,33,34)/t16-,17+,23-,26-/m1/s1. The summed E-state index contributed by atoms with van der Waals surface area (Å²) in [5.41, 5.74) is 1.37. The molecule has 11 heteroatoms. The second kappa shape index (κ2) is 11.5. The van der Waals surface area contributed by atoms with Gasteiger partial charge in [-0.3, -0.25) is 9.69 Å². The summed E-state index contributed by atoms with van der Waals surface area (Å²) in [6, 6.07) is 2.57. The number of benzene rings is 1. The smallest absolute Gasteiger partial charge is 0.223 e. The van der Waals surface area contributed by atoms with Crippen LogP contribution in [0.4, 0.5) is 14.7 Å². The Morgan fingerprint density at radius 2 is 1.85 bits per heavy atom. The highest BCUT2D eigenvalue weighted by molar-refractivity contribution is 5.85. The van der Waals surface area contributed by atoms with Crippen LogP contribution in [0, 0.1) is 18.6 Å². The molecule has 0 bridgehead atoms. The molecule has 4 heterocycles. The number of nitrogens with one attached hydrogen (secondary N) is 1. The molecule has 216 valence electrons. The van der Waals surface area contributed by atoms with Crippen molar-refractivity contribution in [2.24, 2.45) is 0 Å². The van der Waals surface area contributed by atoms with Crippen LogP contribution >= 0.6 is 0 Å². The third-order valence-corrected chi connectivity index (χ3v) is 7.99. The molecule has 2 fully saturated rings. The first-order chi connectivity index (χ1) is 19.1. The van der Waals surface area contributed by atoms with Crippen LogP contribution in [0.5, 0.6) is 0 Å². The third kappa shape index (κ3) is 5.35. The molecule has 2 aliphatic heterocycles. The van der Waals surface area contributed by atoms with Crippen LogP contribution in [-0.4, -0.2) is 75.2 Å². The Hall–Kier alpha value is -2.99. The van der Waals surface area contributed by atoms with Crippen LogP contribution in [0.3, 0.4) is 0 Å². The van der Waals surface area contributed by atoms with Crippen molar-refractivity contribution in [3.63, 3.8) is 0 Å². The average molecular weight is 558 g/mol. The molecule has 2 aliphatic rings. The van der Waals surface area contributed by atoms with E-state index in [9.17, 15) is 9.90 Å². The van der Waals surface area contributed by atoms with Gasteiger partial charge in [-0.2, -0.15) is 0 Å². The highest BCUT2D eigenvalue weighted by atomic mass is 19.1. The first-order valence-corrected chi connectivity index (χ1v) is 13.8. The van der Waals surface area contributed by atoms with Gasteiger partial charge in [0.25, 0.3) is 0 Å². The van der Waals surface area contributed by atoms with E-state index in [1.54, 1.807) is 6.92 Å². The van der Waals surface area contributed by atoms with Crippen LogP contribution in [0.1, 0.15) is 51.4 Å². The zero-order valence-electron chi connectivity index (χ0n) is 23.6. The molecule has 3 aromatic rings. The van der Waals surface area contributed by atoms with Gasteiger partial charge in [-0.05, 0) is 53.2 Å². The van der Waals surface area contributed by atoms with Gasteiger partial charge in [0.15, 0.2) is 11.2 Å². The summed E-state index contributed by atoms with van der Waals surface area (Å²) in [4.78, 5) is 24.1. The first-order valence-electron chi connectivity index (χ1n) is 13.8. The van der Waals surface area contributed by atoms with E-state index in [4.69, 9.17) is 9.47 Å². The minimum Gasteiger partial charge on any atom is -0.389 e. The van der Waals surface area contributed by atoms with Crippen molar-refractivity contribution in [2.45, 2.75) is 77.9 Å². The fourth-order valence-electron chi connectivity index (χ4n) is 5.77. The van der Waals surface area contributed by atoms with Gasteiger partial charge in [0.1, 0.15) is 11.5 Å². The lowest BCUT2D eigenvalue weighted by atomic mass is 10.0. The molecule has 1 aromatic carbocycles. The summed E-state index contributed by atoms with van der Waals surface area (Å²) in [6.45, 7) is 12.4. The predicted molar refractivity (Wildman–Crippen MR) is 148 cm³/mol. The Balaban J connectivity index is 1.63. The Morgan fingerprint density at radius 1 is 1.12 bits per heavy atom. The molecule has 2 N–H and O–H groups in total. The molecule has 0 spiro atoms. The Labute approximate surface area is 232 Å². The number of pyridine rings is 1. The maximum absolute atomic E-state index is 15.6. The van der Waals surface area contributed by atoms with Gasteiger partial charge < -0.3 is 24.5 Å². The number of hydrogen-bond acceptors (Lipinski definition) is 8. The summed E-state index contributed by atoms with van der Waals surface area (Å²) < 4.78 is 43.7. The zero-order chi connectivity index (χ0) is 28.7. The van der Waals surface area contributed by atoms with Gasteiger partial charge >= 0.3 is 0 Å². The lowest BCUT2D eigenvalue weighted by Gasteiger charge is -2.39. The van der Waals surface area contributed by atoms with E-state index < -0.39 is 17.7 Å². The van der Waals surface area contributed by atoms with E-state index in [1.807, 2.05) is 18.4 Å². The Morgan fingerprint density at radius 3 is 2.52 bits per heavy atom. The van der Waals surface area contributed by atoms with Gasteiger partial charge in [0.2, 0.25) is 5.95 Å². The molecule has 40 heavy (non-hydrogen) atoms. The largest absolute Gasteiger partial charge is 0.389 e. The topological polar surface area (TPSA) is 102 Å². The van der Waals surface area contributed by atoms with Gasteiger partial charge in [0, 0.05) is 53.5 Å². The summed E-state index contributed by atoms with van der Waals surface area (Å²) in [7, 11) is 0. The number of aromatic nitrogens is 3. The number of fused-ring (bicyclic) bond motifs is 1. The molecule has 5 rings (SSSR count). The van der Waals surface area contributed by atoms with Crippen molar-refractivity contribution in [1.29, 1.82) is 0 Å². The van der Waals surface area contributed by atoms with E-state index in [2.05, 4.69) is 34.0 Å². The first kappa shape index (κ1) is 28.5. The van der Waals surface area contributed by atoms with Crippen molar-refractivity contribution >= 4 is 16.9 Å². The molecule has 0 unspecified atom stereocenters. The summed E-state index contributed by atoms with van der Waals surface area (Å²) in [5, 5.41) is 13.5. The van der Waals surface area contributed by atoms with Gasteiger partial charge in [-0.1, -0.05) is 0 Å². The fraction of sp³-hybridized carbons (Fsp3) is 0.552. The van der Waals surface area contributed by atoms with Crippen LogP contribution < -0.4 is 10.7 Å². The number of anilines is 1. The molecule has 2 saturated heterocycles. The molecular weight excluding hydrogens is 520 g/mol. The number of nitrogens with zero attached hydrogens (tertiary/aromatic N) is 4. The number of hydrogen-bond donors (Lipinski definition) is 2. The summed E-state index contributed by atoms with van der Waals surface area (Å²) >= 11 is 0. The van der Waals surface area contributed by atoms with Crippen LogP contribution in [0.25, 0.3) is 22.2 Å². The normalized spacial score (nSPS) is 24.1. The highest BCUT2D eigenvalue weighted by Gasteiger charge is 2.29. The van der Waals surface area contributed by atoms with Gasteiger partial charge in [-0.25, -0.2) is 18.7 Å². The predicted octanol–water partition coefficient (Wildman–Crippen LogP) is 3.80. The lowest BCUT2D eigenvalue weighted by Crippen LogP contribution is -2.49. The van der Waals surface area contributed by atoms with Crippen molar-refractivity contribution in [3.8, 4) is 11.3 Å². The van der Waals surface area contributed by atoms with Crippen molar-refractivity contribution in [1.82, 2.24) is 19.4 Å². The minimum absolute atomic E-state index is 0.0655. The highest BCUT2D eigenvalue weighted by Crippen LogP contribution is 2.32. The second-order valence-electron chi connectivity index (χ2n) is 11.2. The number of ether oxygens (including phenoxy) is 2. The SMILES string of the molecule is Cc1c(CN2[C@H](C)COC[C@@H]2C)n(C(C)C)c2cc(-c3nc(N[C@@H]4CCOC[C@H]4O)ncc3F)c(F)cc2c1=O. The number of morpholine rings is 1. The fourth-order valence-corrected chi connectivity index (χ4v) is 5.77. The van der Waals surface area contributed by atoms with Crippen LogP contribution in [0.2, 0.25) is 0 Å². The number of halogens is 2. The monoisotopic (exact) mass is 557 g/mol. The Bertz CT molecular complexity index is 1450. The van der Waals surface area contributed by atoms with Crippen molar-refractivity contribution in [3.05, 3.63) is 51.4 Å². The number of aliphatic hydroxyl groups excluding tert-OH is 1. The van der Waals surface area contributed by atoms with Gasteiger partial charge in [-0.15, -0.1) is 0 Å². The van der Waals surface area contributed by atoms with Crippen molar-refractivity contribution in [2.75, 3.05) is 31.7 Å². The minimum atomic E-state index is -0.793. The number of aliphatic hydroxyl groups is 1. The zero-order valence-corrected chi connectivity index (χ0v) is 23.6. The summed E-state index contributed by atoms with van der Waals surface area (Å²) in [5.74, 6) is -1.47. The molecule has 0 saturated carbocycles. The van der Waals surface area contributed by atoms with Crippen molar-refractivity contribution < 1.29 is 23.4 Å². The summed E-state index contributed by atoms with van der Waals surface area (Å²) in [6.07, 6.45) is 0.726. The van der Waals surface area contributed by atoms with E-state index in [0.29, 0.717) is 43.9 Å². The lowest BCUT2D eigenvalue weighted by molar-refractivity contribution is -0.0420. The molecule has 4 atom stereocenters. The van der Waals surface area contributed by atoms with E-state index in [1.165, 1.54) is 12.1 Å². The van der Waals surface area contributed by atoms with E-state index in [0.717, 1.165) is 11.9 Å². The molecule has 0 amide bonds. The molecule has 2 aromatic heterocycles. The van der Waals surface area contributed by atoms with Crippen LogP contribution in [0.15, 0.2) is 23.1 Å². The van der Waals surface area contributed by atoms with E-state index >= 15 is 8.78 Å². The van der Waals surface area contributed by atoms with Gasteiger partial charge in [0.05, 0.1) is 43.7 Å². The number of rotatable bonds is 6. The molecule has 9 nitrogen and oxygen atoms in total.